The Bertz CT molecular complexity index is 457. The number of nitrogens with one attached hydrogen (secondary N) is 1. The number of carbonyl (C=O) groups excluding carboxylic acids is 1. The van der Waals surface area contributed by atoms with E-state index in [4.69, 9.17) is 4.74 Å². The summed E-state index contributed by atoms with van der Waals surface area (Å²) in [4.78, 5) is 11.0. The lowest BCUT2D eigenvalue weighted by molar-refractivity contribution is 0.152. The molecule has 0 saturated carbocycles. The largest absolute Gasteiger partial charge is 0.507 e. The van der Waals surface area contributed by atoms with Crippen LogP contribution in [0.2, 0.25) is 0 Å². The minimum Gasteiger partial charge on any atom is -0.507 e. The number of amides is 1. The van der Waals surface area contributed by atoms with Gasteiger partial charge in [-0.15, -0.1) is 0 Å². The SMILES string of the molecule is CCOC(=O)NN=C(C)c1ccc(OC)cc1O. The highest BCUT2D eigenvalue weighted by Gasteiger charge is 2.07. The molecule has 6 heteroatoms. The number of hydrazone groups is 1. The lowest BCUT2D eigenvalue weighted by atomic mass is 10.1. The standard InChI is InChI=1S/C12H16N2O4/c1-4-18-12(16)14-13-8(2)10-6-5-9(17-3)7-11(10)15/h5-7,15H,4H2,1-3H3,(H,14,16). The zero-order chi connectivity index (χ0) is 13.5. The van der Waals surface area contributed by atoms with Gasteiger partial charge in [0.05, 0.1) is 19.4 Å². The van der Waals surface area contributed by atoms with Crippen molar-refractivity contribution < 1.29 is 19.4 Å². The maximum absolute atomic E-state index is 11.0. The van der Waals surface area contributed by atoms with E-state index in [1.807, 2.05) is 0 Å². The number of phenols is 1. The topological polar surface area (TPSA) is 80.2 Å². The number of hydrogen-bond acceptors (Lipinski definition) is 5. The molecular weight excluding hydrogens is 236 g/mol. The molecule has 2 N–H and O–H groups in total. The number of carbonyl (C=O) groups is 1. The van der Waals surface area contributed by atoms with E-state index in [0.717, 1.165) is 0 Å². The summed E-state index contributed by atoms with van der Waals surface area (Å²) < 4.78 is 9.63. The molecule has 0 radical (unpaired) electrons. The molecule has 1 rings (SSSR count). The molecule has 0 atom stereocenters. The first-order valence-electron chi connectivity index (χ1n) is 5.43. The number of ether oxygens (including phenoxy) is 2. The second-order valence-corrected chi connectivity index (χ2v) is 3.41. The first kappa shape index (κ1) is 13.8. The van der Waals surface area contributed by atoms with Gasteiger partial charge < -0.3 is 14.6 Å². The van der Waals surface area contributed by atoms with Crippen molar-refractivity contribution >= 4 is 11.8 Å². The molecule has 0 aliphatic carbocycles. The van der Waals surface area contributed by atoms with Gasteiger partial charge >= 0.3 is 6.09 Å². The molecule has 0 aliphatic heterocycles. The van der Waals surface area contributed by atoms with E-state index >= 15 is 0 Å². The van der Waals surface area contributed by atoms with Crippen LogP contribution >= 0.6 is 0 Å². The number of methoxy groups -OCH3 is 1. The van der Waals surface area contributed by atoms with Crippen molar-refractivity contribution in [3.8, 4) is 11.5 Å². The molecule has 0 aliphatic rings. The lowest BCUT2D eigenvalue weighted by Crippen LogP contribution is -2.20. The first-order chi connectivity index (χ1) is 8.58. The minimum atomic E-state index is -0.634. The average molecular weight is 252 g/mol. The normalized spacial score (nSPS) is 10.9. The third kappa shape index (κ3) is 3.65. The van der Waals surface area contributed by atoms with Gasteiger partial charge in [-0.3, -0.25) is 0 Å². The Labute approximate surface area is 105 Å². The van der Waals surface area contributed by atoms with Crippen LogP contribution in [0.25, 0.3) is 0 Å². The highest BCUT2D eigenvalue weighted by molar-refractivity contribution is 6.01. The molecule has 0 aromatic heterocycles. The highest BCUT2D eigenvalue weighted by atomic mass is 16.5. The summed E-state index contributed by atoms with van der Waals surface area (Å²) in [6.07, 6.45) is -0.634. The first-order valence-corrected chi connectivity index (χ1v) is 5.43. The van der Waals surface area contributed by atoms with Crippen LogP contribution in [0.4, 0.5) is 4.79 Å². The molecule has 1 amide bonds. The maximum Gasteiger partial charge on any atom is 0.427 e. The van der Waals surface area contributed by atoms with Gasteiger partial charge in [0.25, 0.3) is 0 Å². The monoisotopic (exact) mass is 252 g/mol. The van der Waals surface area contributed by atoms with Crippen molar-refractivity contribution in [2.45, 2.75) is 13.8 Å². The van der Waals surface area contributed by atoms with Gasteiger partial charge in [0, 0.05) is 11.6 Å². The Hall–Kier alpha value is -2.24. The second-order valence-electron chi connectivity index (χ2n) is 3.41. The highest BCUT2D eigenvalue weighted by Crippen LogP contribution is 2.23. The lowest BCUT2D eigenvalue weighted by Gasteiger charge is -2.07. The van der Waals surface area contributed by atoms with E-state index < -0.39 is 6.09 Å². The zero-order valence-corrected chi connectivity index (χ0v) is 10.6. The molecule has 0 bridgehead atoms. The zero-order valence-electron chi connectivity index (χ0n) is 10.6. The van der Waals surface area contributed by atoms with Crippen molar-refractivity contribution in [1.29, 1.82) is 0 Å². The van der Waals surface area contributed by atoms with E-state index in [1.54, 1.807) is 26.0 Å². The number of benzene rings is 1. The maximum atomic E-state index is 11.0. The van der Waals surface area contributed by atoms with E-state index in [9.17, 15) is 9.90 Å². The number of hydrogen-bond donors (Lipinski definition) is 2. The van der Waals surface area contributed by atoms with Gasteiger partial charge in [0.15, 0.2) is 0 Å². The quantitative estimate of drug-likeness (QED) is 0.633. The molecule has 18 heavy (non-hydrogen) atoms. The van der Waals surface area contributed by atoms with E-state index in [0.29, 0.717) is 17.0 Å². The van der Waals surface area contributed by atoms with Gasteiger partial charge in [-0.1, -0.05) is 0 Å². The summed E-state index contributed by atoms with van der Waals surface area (Å²) in [7, 11) is 1.51. The number of rotatable bonds is 4. The fourth-order valence-corrected chi connectivity index (χ4v) is 1.30. The molecule has 0 saturated heterocycles. The van der Waals surface area contributed by atoms with Crippen LogP contribution in [-0.2, 0) is 4.74 Å². The van der Waals surface area contributed by atoms with Crippen LogP contribution < -0.4 is 10.2 Å². The second kappa shape index (κ2) is 6.48. The summed E-state index contributed by atoms with van der Waals surface area (Å²) in [6, 6.07) is 4.82. The van der Waals surface area contributed by atoms with Gasteiger partial charge in [-0.05, 0) is 26.0 Å². The molecule has 6 nitrogen and oxygen atoms in total. The smallest absolute Gasteiger partial charge is 0.427 e. The Morgan fingerprint density at radius 1 is 1.50 bits per heavy atom. The van der Waals surface area contributed by atoms with Crippen molar-refractivity contribution in [3.05, 3.63) is 23.8 Å². The van der Waals surface area contributed by atoms with Gasteiger partial charge in [-0.25, -0.2) is 10.2 Å². The van der Waals surface area contributed by atoms with Crippen LogP contribution in [0.15, 0.2) is 23.3 Å². The third-order valence-corrected chi connectivity index (χ3v) is 2.19. The fourth-order valence-electron chi connectivity index (χ4n) is 1.30. The molecule has 1 aromatic rings. The fraction of sp³-hybridized carbons (Fsp3) is 0.333. The van der Waals surface area contributed by atoms with Gasteiger partial charge in [-0.2, -0.15) is 5.10 Å². The third-order valence-electron chi connectivity index (χ3n) is 2.19. The molecule has 0 spiro atoms. The molecular formula is C12H16N2O4. The van der Waals surface area contributed by atoms with Crippen LogP contribution in [-0.4, -0.2) is 30.6 Å². The van der Waals surface area contributed by atoms with E-state index in [-0.39, 0.29) is 12.4 Å². The summed E-state index contributed by atoms with van der Waals surface area (Å²) in [5.41, 5.74) is 3.19. The molecule has 0 unspecified atom stereocenters. The summed E-state index contributed by atoms with van der Waals surface area (Å²) >= 11 is 0. The number of nitrogens with zero attached hydrogens (tertiary/aromatic N) is 1. The van der Waals surface area contributed by atoms with Gasteiger partial charge in [0.2, 0.25) is 0 Å². The van der Waals surface area contributed by atoms with Crippen LogP contribution in [0.5, 0.6) is 11.5 Å². The summed E-state index contributed by atoms with van der Waals surface area (Å²) in [6.45, 7) is 3.63. The van der Waals surface area contributed by atoms with Crippen LogP contribution in [0.3, 0.4) is 0 Å². The minimum absolute atomic E-state index is 0.0289. The molecule has 0 fully saturated rings. The van der Waals surface area contributed by atoms with Crippen LogP contribution in [0, 0.1) is 0 Å². The predicted octanol–water partition coefficient (Wildman–Crippen LogP) is 1.87. The molecule has 98 valence electrons. The number of phenolic OH excluding ortho intramolecular Hbond substituents is 1. The Morgan fingerprint density at radius 2 is 2.22 bits per heavy atom. The van der Waals surface area contributed by atoms with Crippen molar-refractivity contribution in [2.75, 3.05) is 13.7 Å². The summed E-state index contributed by atoms with van der Waals surface area (Å²) in [5, 5.41) is 13.6. The van der Waals surface area contributed by atoms with E-state index in [2.05, 4.69) is 15.3 Å². The Morgan fingerprint density at radius 3 is 2.78 bits per heavy atom. The van der Waals surface area contributed by atoms with Gasteiger partial charge in [0.1, 0.15) is 11.5 Å². The van der Waals surface area contributed by atoms with Crippen molar-refractivity contribution in [1.82, 2.24) is 5.43 Å². The molecule has 1 aromatic carbocycles. The van der Waals surface area contributed by atoms with Crippen molar-refractivity contribution in [2.24, 2.45) is 5.10 Å². The predicted molar refractivity (Wildman–Crippen MR) is 67.0 cm³/mol. The van der Waals surface area contributed by atoms with E-state index in [1.165, 1.54) is 13.2 Å². The van der Waals surface area contributed by atoms with Crippen LogP contribution in [0.1, 0.15) is 19.4 Å². The molecule has 0 heterocycles. The van der Waals surface area contributed by atoms with Crippen molar-refractivity contribution in [3.63, 3.8) is 0 Å². The number of aromatic hydroxyl groups is 1. The Balaban J connectivity index is 2.80. The Kier molecular flexibility index (Phi) is 4.98. The summed E-state index contributed by atoms with van der Waals surface area (Å²) in [5.74, 6) is 0.573. The average Bonchev–Trinajstić information content (AvgIpc) is 2.36.